The standard InChI is InChI=1S/C21H28N2O3S/c1-3-4-5-6-7-8-9-16-10-12-17(13-11-16)26-14-19(24)21-23-18(15-27-21)20(25)22-2/h10-13,15H,3-9,14H2,1-2H3,(H,22,25). The molecule has 0 radical (unpaired) electrons. The topological polar surface area (TPSA) is 68.3 Å². The van der Waals surface area contributed by atoms with E-state index in [1.807, 2.05) is 12.1 Å². The molecule has 2 aromatic rings. The molecule has 0 aliphatic rings. The van der Waals surface area contributed by atoms with Crippen LogP contribution >= 0.6 is 11.3 Å². The van der Waals surface area contributed by atoms with Gasteiger partial charge >= 0.3 is 0 Å². The van der Waals surface area contributed by atoms with Crippen LogP contribution in [-0.4, -0.2) is 30.3 Å². The zero-order chi connectivity index (χ0) is 19.5. The highest BCUT2D eigenvalue weighted by atomic mass is 32.1. The van der Waals surface area contributed by atoms with Crippen molar-refractivity contribution in [1.29, 1.82) is 0 Å². The summed E-state index contributed by atoms with van der Waals surface area (Å²) in [6.45, 7) is 2.15. The first-order valence-corrected chi connectivity index (χ1v) is 10.4. The van der Waals surface area contributed by atoms with Gasteiger partial charge in [-0.3, -0.25) is 9.59 Å². The molecule has 0 fully saturated rings. The van der Waals surface area contributed by atoms with Crippen molar-refractivity contribution in [3.05, 3.63) is 45.9 Å². The van der Waals surface area contributed by atoms with Crippen LogP contribution < -0.4 is 10.1 Å². The summed E-state index contributed by atoms with van der Waals surface area (Å²) in [4.78, 5) is 27.7. The quantitative estimate of drug-likeness (QED) is 0.424. The van der Waals surface area contributed by atoms with Gasteiger partial charge in [-0.2, -0.15) is 0 Å². The summed E-state index contributed by atoms with van der Waals surface area (Å²) in [5.74, 6) is 0.136. The molecular formula is C21H28N2O3S. The van der Waals surface area contributed by atoms with Crippen molar-refractivity contribution >= 4 is 23.0 Å². The van der Waals surface area contributed by atoms with Crippen molar-refractivity contribution < 1.29 is 14.3 Å². The Morgan fingerprint density at radius 1 is 1.07 bits per heavy atom. The Labute approximate surface area is 165 Å². The van der Waals surface area contributed by atoms with Crippen LogP contribution in [0, 0.1) is 0 Å². The van der Waals surface area contributed by atoms with Crippen molar-refractivity contribution in [2.24, 2.45) is 0 Å². The maximum atomic E-state index is 12.1. The summed E-state index contributed by atoms with van der Waals surface area (Å²) in [5.41, 5.74) is 1.55. The molecule has 0 bridgehead atoms. The number of carbonyl (C=O) groups is 2. The van der Waals surface area contributed by atoms with Gasteiger partial charge in [0.1, 0.15) is 11.4 Å². The fraction of sp³-hybridized carbons (Fsp3) is 0.476. The van der Waals surface area contributed by atoms with Gasteiger partial charge < -0.3 is 10.1 Å². The predicted octanol–water partition coefficient (Wildman–Crippen LogP) is 4.67. The number of Topliss-reactive ketones (excluding diaryl/α,β-unsaturated/α-hetero) is 1. The third-order valence-electron chi connectivity index (χ3n) is 4.31. The molecule has 27 heavy (non-hydrogen) atoms. The third kappa shape index (κ3) is 7.13. The first-order chi connectivity index (χ1) is 13.1. The van der Waals surface area contributed by atoms with Gasteiger partial charge in [-0.25, -0.2) is 4.98 Å². The highest BCUT2D eigenvalue weighted by molar-refractivity contribution is 7.12. The molecule has 1 N–H and O–H groups in total. The van der Waals surface area contributed by atoms with Crippen LogP contribution in [0.4, 0.5) is 0 Å². The Balaban J connectivity index is 1.73. The number of ketones is 1. The average Bonchev–Trinajstić information content (AvgIpc) is 3.19. The lowest BCUT2D eigenvalue weighted by molar-refractivity contribution is 0.0921. The van der Waals surface area contributed by atoms with E-state index in [9.17, 15) is 9.59 Å². The van der Waals surface area contributed by atoms with Crippen LogP contribution in [0.15, 0.2) is 29.6 Å². The van der Waals surface area contributed by atoms with E-state index >= 15 is 0 Å². The van der Waals surface area contributed by atoms with E-state index in [-0.39, 0.29) is 29.0 Å². The molecule has 146 valence electrons. The fourth-order valence-electron chi connectivity index (χ4n) is 2.71. The number of aryl methyl sites for hydroxylation is 1. The first kappa shape index (κ1) is 21.1. The van der Waals surface area contributed by atoms with Gasteiger partial charge in [-0.15, -0.1) is 11.3 Å². The third-order valence-corrected chi connectivity index (χ3v) is 5.20. The Morgan fingerprint density at radius 3 is 2.48 bits per heavy atom. The smallest absolute Gasteiger partial charge is 0.270 e. The molecule has 0 saturated heterocycles. The summed E-state index contributed by atoms with van der Waals surface area (Å²) >= 11 is 1.15. The van der Waals surface area contributed by atoms with E-state index in [4.69, 9.17) is 4.74 Å². The van der Waals surface area contributed by atoms with E-state index in [2.05, 4.69) is 29.4 Å². The van der Waals surface area contributed by atoms with Crippen molar-refractivity contribution in [1.82, 2.24) is 10.3 Å². The van der Waals surface area contributed by atoms with Crippen LogP contribution in [0.25, 0.3) is 0 Å². The molecule has 0 atom stereocenters. The summed E-state index contributed by atoms with van der Waals surface area (Å²) < 4.78 is 5.56. The number of nitrogens with zero attached hydrogens (tertiary/aromatic N) is 1. The fourth-order valence-corrected chi connectivity index (χ4v) is 3.43. The van der Waals surface area contributed by atoms with Crippen LogP contribution in [0.3, 0.4) is 0 Å². The van der Waals surface area contributed by atoms with Gasteiger partial charge in [-0.1, -0.05) is 51.2 Å². The number of amides is 1. The molecule has 0 unspecified atom stereocenters. The molecule has 2 rings (SSSR count). The molecule has 1 heterocycles. The minimum atomic E-state index is -0.299. The SMILES string of the molecule is CCCCCCCCc1ccc(OCC(=O)c2nc(C(=O)NC)cs2)cc1. The van der Waals surface area contributed by atoms with Gasteiger partial charge in [-0.05, 0) is 30.5 Å². The molecule has 0 aliphatic carbocycles. The number of rotatable bonds is 12. The summed E-state index contributed by atoms with van der Waals surface area (Å²) in [6.07, 6.45) is 8.82. The second-order valence-electron chi connectivity index (χ2n) is 6.49. The van der Waals surface area contributed by atoms with E-state index in [0.29, 0.717) is 5.75 Å². The molecule has 5 nitrogen and oxygen atoms in total. The molecule has 1 aromatic heterocycles. The van der Waals surface area contributed by atoms with E-state index in [1.165, 1.54) is 51.1 Å². The number of carbonyl (C=O) groups excluding carboxylic acids is 2. The molecule has 1 amide bonds. The largest absolute Gasteiger partial charge is 0.485 e. The number of nitrogens with one attached hydrogen (secondary N) is 1. The van der Waals surface area contributed by atoms with Crippen LogP contribution in [0.1, 0.15) is 71.3 Å². The second-order valence-corrected chi connectivity index (χ2v) is 7.35. The van der Waals surface area contributed by atoms with Crippen LogP contribution in [-0.2, 0) is 6.42 Å². The van der Waals surface area contributed by atoms with Crippen molar-refractivity contribution in [2.75, 3.05) is 13.7 Å². The number of unbranched alkanes of at least 4 members (excludes halogenated alkanes) is 5. The first-order valence-electron chi connectivity index (χ1n) is 9.56. The Morgan fingerprint density at radius 2 is 1.78 bits per heavy atom. The second kappa shape index (κ2) is 11.5. The maximum absolute atomic E-state index is 12.1. The van der Waals surface area contributed by atoms with Crippen molar-refractivity contribution in [3.63, 3.8) is 0 Å². The Bertz CT molecular complexity index is 725. The van der Waals surface area contributed by atoms with Gasteiger partial charge in [0.2, 0.25) is 5.78 Å². The average molecular weight is 389 g/mol. The lowest BCUT2D eigenvalue weighted by Crippen LogP contribution is -2.18. The van der Waals surface area contributed by atoms with E-state index < -0.39 is 0 Å². The maximum Gasteiger partial charge on any atom is 0.270 e. The normalized spacial score (nSPS) is 10.6. The summed E-state index contributed by atoms with van der Waals surface area (Å²) in [5, 5.41) is 4.34. The van der Waals surface area contributed by atoms with Crippen LogP contribution in [0.5, 0.6) is 5.75 Å². The molecule has 6 heteroatoms. The van der Waals surface area contributed by atoms with Crippen molar-refractivity contribution in [3.8, 4) is 5.75 Å². The monoisotopic (exact) mass is 388 g/mol. The number of benzene rings is 1. The molecule has 1 aromatic carbocycles. The van der Waals surface area contributed by atoms with Crippen molar-refractivity contribution in [2.45, 2.75) is 51.9 Å². The zero-order valence-electron chi connectivity index (χ0n) is 16.1. The number of hydrogen-bond donors (Lipinski definition) is 1. The number of hydrogen-bond acceptors (Lipinski definition) is 5. The number of thiazole rings is 1. The van der Waals surface area contributed by atoms with Gasteiger partial charge in [0.15, 0.2) is 11.6 Å². The summed E-state index contributed by atoms with van der Waals surface area (Å²) in [6, 6.07) is 7.91. The van der Waals surface area contributed by atoms with E-state index in [0.717, 1.165) is 17.8 Å². The van der Waals surface area contributed by atoms with Gasteiger partial charge in [0.25, 0.3) is 5.91 Å². The van der Waals surface area contributed by atoms with E-state index in [1.54, 1.807) is 5.38 Å². The Kier molecular flexibility index (Phi) is 8.98. The molecular weight excluding hydrogens is 360 g/mol. The lowest BCUT2D eigenvalue weighted by Gasteiger charge is -2.06. The highest BCUT2D eigenvalue weighted by Gasteiger charge is 2.15. The minimum Gasteiger partial charge on any atom is -0.485 e. The predicted molar refractivity (Wildman–Crippen MR) is 109 cm³/mol. The number of ether oxygens (including phenoxy) is 1. The minimum absolute atomic E-state index is 0.0858. The lowest BCUT2D eigenvalue weighted by atomic mass is 10.0. The molecule has 0 aliphatic heterocycles. The van der Waals surface area contributed by atoms with Gasteiger partial charge in [0, 0.05) is 12.4 Å². The summed E-state index contributed by atoms with van der Waals surface area (Å²) in [7, 11) is 1.53. The zero-order valence-corrected chi connectivity index (χ0v) is 16.9. The van der Waals surface area contributed by atoms with Crippen LogP contribution in [0.2, 0.25) is 0 Å². The Hall–Kier alpha value is -2.21. The molecule has 0 spiro atoms. The molecule has 0 saturated carbocycles. The highest BCUT2D eigenvalue weighted by Crippen LogP contribution is 2.16. The number of aromatic nitrogens is 1. The van der Waals surface area contributed by atoms with Gasteiger partial charge in [0.05, 0.1) is 0 Å².